The van der Waals surface area contributed by atoms with Crippen LogP contribution < -0.4 is 0 Å². The summed E-state index contributed by atoms with van der Waals surface area (Å²) in [6.45, 7) is 6.82. The Kier molecular flexibility index (Phi) is 5.91. The summed E-state index contributed by atoms with van der Waals surface area (Å²) >= 11 is 0. The van der Waals surface area contributed by atoms with E-state index in [9.17, 15) is 0 Å². The van der Waals surface area contributed by atoms with Gasteiger partial charge in [0.2, 0.25) is 0 Å². The molecule has 1 aliphatic carbocycles. The molecule has 1 heteroatoms. The van der Waals surface area contributed by atoms with Gasteiger partial charge in [0.25, 0.3) is 0 Å². The summed E-state index contributed by atoms with van der Waals surface area (Å²) in [5, 5.41) is 7.62. The lowest BCUT2D eigenvalue weighted by molar-refractivity contribution is 0.590. The number of allylic oxidation sites excluding steroid dienone is 4. The maximum absolute atomic E-state index is 6.38. The third-order valence-electron chi connectivity index (χ3n) is 9.19. The average molecular weight is 555 g/mol. The van der Waals surface area contributed by atoms with Crippen molar-refractivity contribution in [2.24, 2.45) is 0 Å². The maximum Gasteiger partial charge on any atom is 0.142 e. The summed E-state index contributed by atoms with van der Waals surface area (Å²) in [6, 6.07) is 42.0. The summed E-state index contributed by atoms with van der Waals surface area (Å²) < 4.78 is 6.38. The lowest BCUT2D eigenvalue weighted by atomic mass is 9.81. The number of hydrogen-bond donors (Lipinski definition) is 0. The van der Waals surface area contributed by atoms with Crippen molar-refractivity contribution in [3.8, 4) is 11.1 Å². The quantitative estimate of drug-likeness (QED) is 0.198. The molecule has 0 radical (unpaired) electrons. The van der Waals surface area contributed by atoms with Gasteiger partial charge in [-0.25, -0.2) is 0 Å². The molecular weight excluding hydrogens is 520 g/mol. The van der Waals surface area contributed by atoms with Crippen molar-refractivity contribution in [3.63, 3.8) is 0 Å². The highest BCUT2D eigenvalue weighted by atomic mass is 16.3. The fourth-order valence-corrected chi connectivity index (χ4v) is 6.99. The Bertz CT molecular complexity index is 2190. The van der Waals surface area contributed by atoms with Gasteiger partial charge in [-0.2, -0.15) is 0 Å². The first-order valence-electron chi connectivity index (χ1n) is 15.3. The van der Waals surface area contributed by atoms with Gasteiger partial charge < -0.3 is 4.42 Å². The van der Waals surface area contributed by atoms with Crippen LogP contribution in [0.4, 0.5) is 0 Å². The lowest BCUT2D eigenvalue weighted by Gasteiger charge is -2.22. The van der Waals surface area contributed by atoms with E-state index >= 15 is 0 Å². The highest BCUT2D eigenvalue weighted by molar-refractivity contribution is 6.19. The minimum atomic E-state index is 0.127. The van der Waals surface area contributed by atoms with Crippen LogP contribution in [-0.2, 0) is 5.41 Å². The van der Waals surface area contributed by atoms with Crippen molar-refractivity contribution in [1.82, 2.24) is 0 Å². The number of furan rings is 1. The first-order chi connectivity index (χ1) is 21.0. The molecule has 8 rings (SSSR count). The Balaban J connectivity index is 1.30. The molecule has 43 heavy (non-hydrogen) atoms. The Hall–Kier alpha value is -4.88. The van der Waals surface area contributed by atoms with E-state index in [2.05, 4.69) is 142 Å². The number of hydrogen-bond acceptors (Lipinski definition) is 1. The van der Waals surface area contributed by atoms with Crippen LogP contribution in [0.25, 0.3) is 65.8 Å². The van der Waals surface area contributed by atoms with Gasteiger partial charge in [-0.05, 0) is 79.3 Å². The molecule has 0 fully saturated rings. The van der Waals surface area contributed by atoms with E-state index in [0.717, 1.165) is 24.0 Å². The predicted molar refractivity (Wildman–Crippen MR) is 184 cm³/mol. The standard InChI is InChI=1S/C42H34O/c1-42(2,3)30-25-23-29(24-26-30)40-35-14-6-4-12-33(35)39(34-13-5-7-15-36(34)40)28-21-19-27(20-22-28)31-16-10-17-37-32-11-8-9-18-38(32)43-41(31)37/h4-19,21,23-26H,20,22H2,1-3H3. The Morgan fingerprint density at radius 2 is 1.02 bits per heavy atom. The summed E-state index contributed by atoms with van der Waals surface area (Å²) in [6.07, 6.45) is 6.63. The van der Waals surface area contributed by atoms with Crippen molar-refractivity contribution in [2.75, 3.05) is 0 Å². The molecule has 0 N–H and O–H groups in total. The van der Waals surface area contributed by atoms with Crippen LogP contribution in [0.5, 0.6) is 0 Å². The van der Waals surface area contributed by atoms with Crippen LogP contribution in [0.1, 0.15) is 50.3 Å². The van der Waals surface area contributed by atoms with E-state index in [1.807, 2.05) is 6.07 Å². The van der Waals surface area contributed by atoms with Gasteiger partial charge in [0.1, 0.15) is 11.2 Å². The smallest absolute Gasteiger partial charge is 0.142 e. The van der Waals surface area contributed by atoms with E-state index in [1.54, 1.807) is 0 Å². The summed E-state index contributed by atoms with van der Waals surface area (Å²) in [7, 11) is 0. The van der Waals surface area contributed by atoms with E-state index in [4.69, 9.17) is 4.42 Å². The number of fused-ring (bicyclic) bond motifs is 5. The van der Waals surface area contributed by atoms with Crippen molar-refractivity contribution >= 4 is 54.6 Å². The topological polar surface area (TPSA) is 13.1 Å². The summed E-state index contributed by atoms with van der Waals surface area (Å²) in [5.74, 6) is 0. The molecule has 1 nitrogen and oxygen atoms in total. The fraction of sp³-hybridized carbons (Fsp3) is 0.143. The Morgan fingerprint density at radius 3 is 1.63 bits per heavy atom. The van der Waals surface area contributed by atoms with Crippen molar-refractivity contribution < 1.29 is 4.42 Å². The monoisotopic (exact) mass is 554 g/mol. The first-order valence-corrected chi connectivity index (χ1v) is 15.3. The zero-order valence-corrected chi connectivity index (χ0v) is 24.9. The second kappa shape index (κ2) is 9.85. The molecule has 1 heterocycles. The van der Waals surface area contributed by atoms with E-state index in [1.165, 1.54) is 71.3 Å². The van der Waals surface area contributed by atoms with Crippen molar-refractivity contribution in [1.29, 1.82) is 0 Å². The van der Waals surface area contributed by atoms with Gasteiger partial charge in [-0.1, -0.05) is 142 Å². The van der Waals surface area contributed by atoms with Gasteiger partial charge >= 0.3 is 0 Å². The van der Waals surface area contributed by atoms with E-state index < -0.39 is 0 Å². The molecule has 0 atom stereocenters. The zero-order chi connectivity index (χ0) is 29.1. The van der Waals surface area contributed by atoms with Gasteiger partial charge in [-0.3, -0.25) is 0 Å². The minimum Gasteiger partial charge on any atom is -0.455 e. The average Bonchev–Trinajstić information content (AvgIpc) is 3.42. The highest BCUT2D eigenvalue weighted by Crippen LogP contribution is 2.45. The van der Waals surface area contributed by atoms with Crippen molar-refractivity contribution in [2.45, 2.75) is 39.0 Å². The molecule has 0 saturated heterocycles. The molecule has 208 valence electrons. The second-order valence-electron chi connectivity index (χ2n) is 12.8. The third kappa shape index (κ3) is 4.22. The minimum absolute atomic E-state index is 0.127. The maximum atomic E-state index is 6.38. The zero-order valence-electron chi connectivity index (χ0n) is 24.9. The normalized spacial score (nSPS) is 14.0. The van der Waals surface area contributed by atoms with Crippen LogP contribution in [0.15, 0.2) is 132 Å². The lowest BCUT2D eigenvalue weighted by Crippen LogP contribution is -2.10. The van der Waals surface area contributed by atoms with Crippen LogP contribution in [0.2, 0.25) is 0 Å². The fourth-order valence-electron chi connectivity index (χ4n) is 6.99. The van der Waals surface area contributed by atoms with Gasteiger partial charge in [0.15, 0.2) is 0 Å². The Labute approximate surface area is 252 Å². The second-order valence-corrected chi connectivity index (χ2v) is 12.8. The van der Waals surface area contributed by atoms with E-state index in [-0.39, 0.29) is 5.41 Å². The Morgan fingerprint density at radius 1 is 0.488 bits per heavy atom. The van der Waals surface area contributed by atoms with Crippen LogP contribution >= 0.6 is 0 Å². The molecule has 6 aromatic carbocycles. The van der Waals surface area contributed by atoms with E-state index in [0.29, 0.717) is 0 Å². The van der Waals surface area contributed by atoms with Gasteiger partial charge in [-0.15, -0.1) is 0 Å². The number of rotatable bonds is 3. The number of para-hydroxylation sites is 2. The van der Waals surface area contributed by atoms with Gasteiger partial charge in [0.05, 0.1) is 0 Å². The first kappa shape index (κ1) is 25.8. The molecule has 0 unspecified atom stereocenters. The third-order valence-corrected chi connectivity index (χ3v) is 9.19. The predicted octanol–water partition coefficient (Wildman–Crippen LogP) is 12.1. The molecule has 0 bridgehead atoms. The molecule has 1 aromatic heterocycles. The molecule has 0 amide bonds. The van der Waals surface area contributed by atoms with Crippen LogP contribution in [0, 0.1) is 0 Å². The van der Waals surface area contributed by atoms with Gasteiger partial charge in [0, 0.05) is 16.3 Å². The molecule has 0 aliphatic heterocycles. The summed E-state index contributed by atoms with van der Waals surface area (Å²) in [4.78, 5) is 0. The van der Waals surface area contributed by atoms with Crippen LogP contribution in [-0.4, -0.2) is 0 Å². The van der Waals surface area contributed by atoms with Crippen molar-refractivity contribution in [3.05, 3.63) is 144 Å². The highest BCUT2D eigenvalue weighted by Gasteiger charge is 2.21. The molecule has 0 spiro atoms. The molecule has 0 saturated carbocycles. The molecule has 7 aromatic rings. The SMILES string of the molecule is CC(C)(C)c1ccc(-c2c3ccccc3c(C3=CC=C(c4cccc5c4oc4ccccc45)CC3)c3ccccc23)cc1. The number of benzene rings is 6. The molecule has 1 aliphatic rings. The summed E-state index contributed by atoms with van der Waals surface area (Å²) in [5.41, 5.74) is 11.3. The molecular formula is C42H34O. The van der Waals surface area contributed by atoms with Crippen LogP contribution in [0.3, 0.4) is 0 Å². The largest absolute Gasteiger partial charge is 0.455 e.